The van der Waals surface area contributed by atoms with Gasteiger partial charge in [-0.2, -0.15) is 0 Å². The number of aryl methyl sites for hydroxylation is 1. The molecule has 0 aromatic heterocycles. The van der Waals surface area contributed by atoms with Crippen LogP contribution in [0.4, 0.5) is 5.69 Å². The number of hydrogen-bond acceptors (Lipinski definition) is 4. The van der Waals surface area contributed by atoms with Crippen molar-refractivity contribution >= 4 is 40.6 Å². The Morgan fingerprint density at radius 2 is 1.90 bits per heavy atom. The number of allylic oxidation sites excluding steroid dienone is 1. The van der Waals surface area contributed by atoms with Crippen LogP contribution < -0.4 is 10.2 Å². The highest BCUT2D eigenvalue weighted by Crippen LogP contribution is 2.35. The van der Waals surface area contributed by atoms with Gasteiger partial charge in [0, 0.05) is 23.5 Å². The summed E-state index contributed by atoms with van der Waals surface area (Å²) in [7, 11) is 1.56. The number of halogens is 1. The fourth-order valence-corrected chi connectivity index (χ4v) is 3.80. The first kappa shape index (κ1) is 21.3. The molecule has 1 atom stereocenters. The number of methoxy groups -OCH3 is 1. The molecule has 152 valence electrons. The fraction of sp³-hybridized carbons (Fsp3) is 0.273. The van der Waals surface area contributed by atoms with E-state index in [2.05, 4.69) is 5.32 Å². The lowest BCUT2D eigenvalue weighted by molar-refractivity contribution is -0.140. The summed E-state index contributed by atoms with van der Waals surface area (Å²) in [4.78, 5) is 14.9. The van der Waals surface area contributed by atoms with Gasteiger partial charge in [-0.05, 0) is 55.9 Å². The number of rotatable bonds is 6. The number of anilines is 1. The van der Waals surface area contributed by atoms with E-state index < -0.39 is 12.0 Å². The Labute approximate surface area is 181 Å². The Morgan fingerprint density at radius 3 is 2.55 bits per heavy atom. The molecule has 0 saturated carbocycles. The zero-order valence-corrected chi connectivity index (χ0v) is 18.1. The van der Waals surface area contributed by atoms with E-state index in [0.29, 0.717) is 28.0 Å². The van der Waals surface area contributed by atoms with Crippen LogP contribution in [-0.2, 0) is 14.3 Å². The van der Waals surface area contributed by atoms with Crippen molar-refractivity contribution in [1.29, 1.82) is 0 Å². The van der Waals surface area contributed by atoms with Crippen molar-refractivity contribution in [3.8, 4) is 0 Å². The molecule has 1 aliphatic heterocycles. The largest absolute Gasteiger partial charge is 0.460 e. The number of hydrogen-bond donors (Lipinski definition) is 1. The van der Waals surface area contributed by atoms with Gasteiger partial charge in [-0.1, -0.05) is 41.4 Å². The Balaban J connectivity index is 2.06. The molecule has 0 spiro atoms. The summed E-state index contributed by atoms with van der Waals surface area (Å²) in [6, 6.07) is 14.9. The first-order valence-electron chi connectivity index (χ1n) is 9.22. The quantitative estimate of drug-likeness (QED) is 0.412. The number of nitrogens with zero attached hydrogens (tertiary/aromatic N) is 1. The van der Waals surface area contributed by atoms with Gasteiger partial charge in [-0.3, -0.25) is 4.90 Å². The van der Waals surface area contributed by atoms with E-state index >= 15 is 0 Å². The number of carbonyl (C=O) groups is 1. The van der Waals surface area contributed by atoms with Gasteiger partial charge in [-0.25, -0.2) is 4.79 Å². The summed E-state index contributed by atoms with van der Waals surface area (Å²) < 4.78 is 10.4. The molecular weight excluding hydrogens is 408 g/mol. The molecule has 1 N–H and O–H groups in total. The lowest BCUT2D eigenvalue weighted by atomic mass is 9.94. The molecule has 1 heterocycles. The fourth-order valence-electron chi connectivity index (χ4n) is 3.24. The minimum absolute atomic E-state index is 0.170. The predicted octanol–water partition coefficient (Wildman–Crippen LogP) is 4.55. The first-order chi connectivity index (χ1) is 13.9. The normalized spacial score (nSPS) is 16.6. The number of esters is 1. The molecule has 0 radical (unpaired) electrons. The van der Waals surface area contributed by atoms with Gasteiger partial charge in [0.1, 0.15) is 6.61 Å². The standard InChI is InChI=1S/C22H23ClN2O3S/c1-14-7-9-18(10-8-14)25-15(2)19(21(26)28-12-11-27-3)20(24-22(25)29)16-5-4-6-17(23)13-16/h4-10,13,20H,11-12H2,1-3H3,(H,24,29). The Bertz CT molecular complexity index is 943. The summed E-state index contributed by atoms with van der Waals surface area (Å²) in [5.41, 5.74) is 4.04. The molecule has 29 heavy (non-hydrogen) atoms. The van der Waals surface area contributed by atoms with Crippen molar-refractivity contribution < 1.29 is 14.3 Å². The van der Waals surface area contributed by atoms with Crippen LogP contribution in [0.1, 0.15) is 24.1 Å². The van der Waals surface area contributed by atoms with E-state index in [-0.39, 0.29) is 6.61 Å². The van der Waals surface area contributed by atoms with Gasteiger partial charge in [0.15, 0.2) is 5.11 Å². The zero-order chi connectivity index (χ0) is 21.0. The summed E-state index contributed by atoms with van der Waals surface area (Å²) in [6.45, 7) is 4.39. The lowest BCUT2D eigenvalue weighted by Gasteiger charge is -2.37. The maximum Gasteiger partial charge on any atom is 0.338 e. The van der Waals surface area contributed by atoms with Gasteiger partial charge in [0.05, 0.1) is 18.2 Å². The average molecular weight is 431 g/mol. The third-order valence-electron chi connectivity index (χ3n) is 4.70. The second kappa shape index (κ2) is 9.39. The van der Waals surface area contributed by atoms with E-state index in [0.717, 1.165) is 16.8 Å². The molecule has 0 saturated heterocycles. The number of nitrogens with one attached hydrogen (secondary N) is 1. The van der Waals surface area contributed by atoms with Crippen LogP contribution in [0.5, 0.6) is 0 Å². The lowest BCUT2D eigenvalue weighted by Crippen LogP contribution is -2.48. The van der Waals surface area contributed by atoms with Crippen LogP contribution in [0.3, 0.4) is 0 Å². The number of ether oxygens (including phenoxy) is 2. The van der Waals surface area contributed by atoms with Crippen LogP contribution in [0.15, 0.2) is 59.8 Å². The number of thiocarbonyl (C=S) groups is 1. The average Bonchev–Trinajstić information content (AvgIpc) is 2.69. The summed E-state index contributed by atoms with van der Waals surface area (Å²) in [5.74, 6) is -0.420. The van der Waals surface area contributed by atoms with E-state index in [1.807, 2.05) is 61.2 Å². The van der Waals surface area contributed by atoms with Crippen LogP contribution in [-0.4, -0.2) is 31.4 Å². The minimum atomic E-state index is -0.460. The summed E-state index contributed by atoms with van der Waals surface area (Å²) in [6.07, 6.45) is 0. The maximum atomic E-state index is 13.0. The first-order valence-corrected chi connectivity index (χ1v) is 10.0. The SMILES string of the molecule is COCCOC(=O)C1=C(C)N(c2ccc(C)cc2)C(=S)NC1c1cccc(Cl)c1. The molecule has 5 nitrogen and oxygen atoms in total. The molecule has 0 bridgehead atoms. The molecular formula is C22H23ClN2O3S. The predicted molar refractivity (Wildman–Crippen MR) is 119 cm³/mol. The third-order valence-corrected chi connectivity index (χ3v) is 5.24. The Morgan fingerprint density at radius 1 is 1.17 bits per heavy atom. The van der Waals surface area contributed by atoms with Crippen molar-refractivity contribution in [3.63, 3.8) is 0 Å². The molecule has 0 fully saturated rings. The second-order valence-electron chi connectivity index (χ2n) is 6.74. The Kier molecular flexibility index (Phi) is 6.90. The minimum Gasteiger partial charge on any atom is -0.460 e. The monoisotopic (exact) mass is 430 g/mol. The maximum absolute atomic E-state index is 13.0. The van der Waals surface area contributed by atoms with E-state index in [1.165, 1.54) is 0 Å². The van der Waals surface area contributed by atoms with Crippen molar-refractivity contribution in [3.05, 3.63) is 76.0 Å². The van der Waals surface area contributed by atoms with Gasteiger partial charge < -0.3 is 14.8 Å². The molecule has 2 aromatic rings. The molecule has 0 aliphatic carbocycles. The summed E-state index contributed by atoms with van der Waals surface area (Å²) >= 11 is 11.8. The van der Waals surface area contributed by atoms with Gasteiger partial charge in [0.2, 0.25) is 0 Å². The highest BCUT2D eigenvalue weighted by molar-refractivity contribution is 7.80. The second-order valence-corrected chi connectivity index (χ2v) is 7.56. The number of benzene rings is 2. The summed E-state index contributed by atoms with van der Waals surface area (Å²) in [5, 5.41) is 4.37. The molecule has 0 amide bonds. The van der Waals surface area contributed by atoms with E-state index in [4.69, 9.17) is 33.3 Å². The van der Waals surface area contributed by atoms with Crippen LogP contribution in [0.2, 0.25) is 5.02 Å². The third kappa shape index (κ3) is 4.78. The van der Waals surface area contributed by atoms with Crippen LogP contribution in [0.25, 0.3) is 0 Å². The molecule has 1 unspecified atom stereocenters. The van der Waals surface area contributed by atoms with Gasteiger partial charge in [0.25, 0.3) is 0 Å². The van der Waals surface area contributed by atoms with Crippen LogP contribution >= 0.6 is 23.8 Å². The van der Waals surface area contributed by atoms with E-state index in [1.54, 1.807) is 13.2 Å². The highest BCUT2D eigenvalue weighted by Gasteiger charge is 2.35. The van der Waals surface area contributed by atoms with Crippen molar-refractivity contribution in [2.24, 2.45) is 0 Å². The van der Waals surface area contributed by atoms with Crippen LogP contribution in [0, 0.1) is 6.92 Å². The highest BCUT2D eigenvalue weighted by atomic mass is 35.5. The van der Waals surface area contributed by atoms with Gasteiger partial charge >= 0.3 is 5.97 Å². The smallest absolute Gasteiger partial charge is 0.338 e. The molecule has 3 rings (SSSR count). The van der Waals surface area contributed by atoms with Crippen molar-refractivity contribution in [2.75, 3.05) is 25.2 Å². The van der Waals surface area contributed by atoms with Gasteiger partial charge in [-0.15, -0.1) is 0 Å². The topological polar surface area (TPSA) is 50.8 Å². The Hall–Kier alpha value is -2.41. The molecule has 1 aliphatic rings. The molecule has 7 heteroatoms. The van der Waals surface area contributed by atoms with E-state index in [9.17, 15) is 4.79 Å². The van der Waals surface area contributed by atoms with Crippen molar-refractivity contribution in [1.82, 2.24) is 5.32 Å². The molecule has 2 aromatic carbocycles. The zero-order valence-electron chi connectivity index (χ0n) is 16.6. The number of carbonyl (C=O) groups excluding carboxylic acids is 1. The van der Waals surface area contributed by atoms with Crippen molar-refractivity contribution in [2.45, 2.75) is 19.9 Å².